The van der Waals surface area contributed by atoms with Crippen LogP contribution in [0.5, 0.6) is 0 Å². The zero-order valence-corrected chi connectivity index (χ0v) is 13.0. The quantitative estimate of drug-likeness (QED) is 0.814. The Bertz CT molecular complexity index is 507. The van der Waals surface area contributed by atoms with Crippen molar-refractivity contribution in [1.82, 2.24) is 5.32 Å². The molecule has 0 saturated carbocycles. The normalized spacial score (nSPS) is 12.7. The SMILES string of the molecule is CNC(c1cc(F)cc(Br)c1)c1cscc1Br. The highest BCUT2D eigenvalue weighted by Gasteiger charge is 2.16. The van der Waals surface area contributed by atoms with Gasteiger partial charge >= 0.3 is 0 Å². The molecule has 2 rings (SSSR count). The van der Waals surface area contributed by atoms with Gasteiger partial charge in [-0.1, -0.05) is 15.9 Å². The summed E-state index contributed by atoms with van der Waals surface area (Å²) in [5.41, 5.74) is 2.02. The lowest BCUT2D eigenvalue weighted by Crippen LogP contribution is -2.17. The molecule has 90 valence electrons. The van der Waals surface area contributed by atoms with Crippen LogP contribution in [0.15, 0.2) is 37.9 Å². The van der Waals surface area contributed by atoms with Crippen molar-refractivity contribution in [2.45, 2.75) is 6.04 Å². The third-order valence-electron chi connectivity index (χ3n) is 2.46. The molecule has 1 aromatic heterocycles. The number of thiophene rings is 1. The van der Waals surface area contributed by atoms with Gasteiger partial charge in [0.15, 0.2) is 0 Å². The van der Waals surface area contributed by atoms with Gasteiger partial charge in [-0.3, -0.25) is 0 Å². The fourth-order valence-corrected chi connectivity index (χ4v) is 3.78. The van der Waals surface area contributed by atoms with Gasteiger partial charge in [-0.2, -0.15) is 11.3 Å². The van der Waals surface area contributed by atoms with Gasteiger partial charge in [-0.25, -0.2) is 4.39 Å². The van der Waals surface area contributed by atoms with Gasteiger partial charge in [-0.05, 0) is 57.7 Å². The Balaban J connectivity index is 2.45. The monoisotopic (exact) mass is 377 g/mol. The molecule has 17 heavy (non-hydrogen) atoms. The zero-order valence-electron chi connectivity index (χ0n) is 9.01. The predicted molar refractivity (Wildman–Crippen MR) is 77.0 cm³/mol. The third kappa shape index (κ3) is 2.96. The van der Waals surface area contributed by atoms with Gasteiger partial charge in [-0.15, -0.1) is 0 Å². The molecule has 1 atom stereocenters. The van der Waals surface area contributed by atoms with Crippen LogP contribution >= 0.6 is 43.2 Å². The van der Waals surface area contributed by atoms with Gasteiger partial charge in [0.2, 0.25) is 0 Å². The van der Waals surface area contributed by atoms with E-state index in [2.05, 4.69) is 42.6 Å². The van der Waals surface area contributed by atoms with E-state index in [1.54, 1.807) is 17.4 Å². The Morgan fingerprint density at radius 2 is 2.00 bits per heavy atom. The van der Waals surface area contributed by atoms with E-state index in [1.165, 1.54) is 6.07 Å². The van der Waals surface area contributed by atoms with Crippen molar-refractivity contribution >= 4 is 43.2 Å². The Labute approximate surface area is 120 Å². The summed E-state index contributed by atoms with van der Waals surface area (Å²) in [4.78, 5) is 0. The van der Waals surface area contributed by atoms with Crippen LogP contribution in [-0.2, 0) is 0 Å². The van der Waals surface area contributed by atoms with Crippen molar-refractivity contribution in [1.29, 1.82) is 0 Å². The van der Waals surface area contributed by atoms with Crippen molar-refractivity contribution in [3.63, 3.8) is 0 Å². The molecule has 0 aliphatic heterocycles. The first kappa shape index (κ1) is 13.2. The molecule has 5 heteroatoms. The molecule has 2 aromatic rings. The van der Waals surface area contributed by atoms with E-state index in [0.717, 1.165) is 20.1 Å². The first-order chi connectivity index (χ1) is 8.11. The number of hydrogen-bond acceptors (Lipinski definition) is 2. The summed E-state index contributed by atoms with van der Waals surface area (Å²) in [6.07, 6.45) is 0. The van der Waals surface area contributed by atoms with Crippen LogP contribution in [0.4, 0.5) is 4.39 Å². The average Bonchev–Trinajstić information content (AvgIpc) is 2.65. The topological polar surface area (TPSA) is 12.0 Å². The van der Waals surface area contributed by atoms with Crippen molar-refractivity contribution in [2.75, 3.05) is 7.05 Å². The number of nitrogens with one attached hydrogen (secondary N) is 1. The smallest absolute Gasteiger partial charge is 0.124 e. The fourth-order valence-electron chi connectivity index (χ4n) is 1.74. The number of halogens is 3. The first-order valence-corrected chi connectivity index (χ1v) is 7.49. The van der Waals surface area contributed by atoms with Crippen LogP contribution in [0.3, 0.4) is 0 Å². The molecule has 0 aliphatic rings. The predicted octanol–water partition coefficient (Wildman–Crippen LogP) is 4.72. The van der Waals surface area contributed by atoms with E-state index >= 15 is 0 Å². The van der Waals surface area contributed by atoms with Gasteiger partial charge in [0.1, 0.15) is 5.82 Å². The molecule has 0 amide bonds. The summed E-state index contributed by atoms with van der Waals surface area (Å²) in [6, 6.07) is 4.92. The zero-order chi connectivity index (χ0) is 12.4. The van der Waals surface area contributed by atoms with E-state index in [9.17, 15) is 4.39 Å². The van der Waals surface area contributed by atoms with Crippen LogP contribution < -0.4 is 5.32 Å². The van der Waals surface area contributed by atoms with E-state index < -0.39 is 0 Å². The first-order valence-electron chi connectivity index (χ1n) is 4.96. The molecule has 0 aliphatic carbocycles. The Kier molecular flexibility index (Phi) is 4.36. The van der Waals surface area contributed by atoms with Crippen LogP contribution in [0.2, 0.25) is 0 Å². The van der Waals surface area contributed by atoms with Gasteiger partial charge in [0, 0.05) is 14.3 Å². The molecule has 0 fully saturated rings. The van der Waals surface area contributed by atoms with Crippen LogP contribution in [-0.4, -0.2) is 7.05 Å². The second-order valence-electron chi connectivity index (χ2n) is 3.60. The molecule has 1 aromatic carbocycles. The fraction of sp³-hybridized carbons (Fsp3) is 0.167. The molecule has 0 radical (unpaired) electrons. The lowest BCUT2D eigenvalue weighted by Gasteiger charge is -2.17. The molecule has 1 unspecified atom stereocenters. The third-order valence-corrected chi connectivity index (χ3v) is 4.67. The molecule has 0 saturated heterocycles. The lowest BCUT2D eigenvalue weighted by atomic mass is 10.0. The number of rotatable bonds is 3. The van der Waals surface area contributed by atoms with Crippen molar-refractivity contribution in [3.05, 3.63) is 54.8 Å². The summed E-state index contributed by atoms with van der Waals surface area (Å²) in [6.45, 7) is 0. The largest absolute Gasteiger partial charge is 0.309 e. The van der Waals surface area contributed by atoms with Gasteiger partial charge in [0.25, 0.3) is 0 Å². The Hall–Kier alpha value is -0.230. The molecule has 0 bridgehead atoms. The van der Waals surface area contributed by atoms with E-state index in [4.69, 9.17) is 0 Å². The molecule has 1 heterocycles. The second-order valence-corrected chi connectivity index (χ2v) is 6.11. The number of hydrogen-bond donors (Lipinski definition) is 1. The van der Waals surface area contributed by atoms with Crippen molar-refractivity contribution in [2.24, 2.45) is 0 Å². The van der Waals surface area contributed by atoms with E-state index in [1.807, 2.05) is 18.5 Å². The maximum absolute atomic E-state index is 13.4. The minimum absolute atomic E-state index is 0.0115. The van der Waals surface area contributed by atoms with Crippen molar-refractivity contribution < 1.29 is 4.39 Å². The number of benzene rings is 1. The highest BCUT2D eigenvalue weighted by molar-refractivity contribution is 9.10. The summed E-state index contributed by atoms with van der Waals surface area (Å²) in [5.74, 6) is -0.235. The van der Waals surface area contributed by atoms with E-state index in [0.29, 0.717) is 0 Å². The van der Waals surface area contributed by atoms with Crippen LogP contribution in [0, 0.1) is 5.82 Å². The Morgan fingerprint density at radius 1 is 1.24 bits per heavy atom. The second kappa shape index (κ2) is 5.61. The van der Waals surface area contributed by atoms with Crippen LogP contribution in [0.1, 0.15) is 17.2 Å². The molecular formula is C12H10Br2FNS. The molecule has 1 nitrogen and oxygen atoms in total. The van der Waals surface area contributed by atoms with Gasteiger partial charge in [0.05, 0.1) is 6.04 Å². The molecule has 0 spiro atoms. The standard InChI is InChI=1S/C12H10Br2FNS/c1-16-12(10-5-17-6-11(10)14)7-2-8(13)4-9(15)3-7/h2-6,12,16H,1H3. The summed E-state index contributed by atoms with van der Waals surface area (Å²) in [5, 5.41) is 7.29. The Morgan fingerprint density at radius 3 is 2.53 bits per heavy atom. The van der Waals surface area contributed by atoms with Crippen molar-refractivity contribution in [3.8, 4) is 0 Å². The summed E-state index contributed by atoms with van der Waals surface area (Å²) >= 11 is 8.44. The van der Waals surface area contributed by atoms with Crippen LogP contribution in [0.25, 0.3) is 0 Å². The van der Waals surface area contributed by atoms with Gasteiger partial charge < -0.3 is 5.32 Å². The highest BCUT2D eigenvalue weighted by Crippen LogP contribution is 2.32. The minimum Gasteiger partial charge on any atom is -0.309 e. The molecular weight excluding hydrogens is 369 g/mol. The minimum atomic E-state index is -0.235. The average molecular weight is 379 g/mol. The summed E-state index contributed by atoms with van der Waals surface area (Å²) < 4.78 is 15.2. The van der Waals surface area contributed by atoms with E-state index in [-0.39, 0.29) is 11.9 Å². The lowest BCUT2D eigenvalue weighted by molar-refractivity contribution is 0.615. The highest BCUT2D eigenvalue weighted by atomic mass is 79.9. The summed E-state index contributed by atoms with van der Waals surface area (Å²) in [7, 11) is 1.87. The maximum Gasteiger partial charge on any atom is 0.124 e. The molecule has 1 N–H and O–H groups in total. The maximum atomic E-state index is 13.4.